The molecule has 1 N–H and O–H groups in total. The molecule has 0 atom stereocenters. The zero-order valence-electron chi connectivity index (χ0n) is 10.6. The molecule has 3 aromatic heterocycles. The van der Waals surface area contributed by atoms with E-state index in [2.05, 4.69) is 30.9 Å². The molecule has 0 fully saturated rings. The first-order valence-corrected chi connectivity index (χ1v) is 7.49. The first-order chi connectivity index (χ1) is 9.69. The average Bonchev–Trinajstić information content (AvgIpc) is 2.79. The van der Waals surface area contributed by atoms with Gasteiger partial charge in [-0.1, -0.05) is 0 Å². The highest BCUT2D eigenvalue weighted by molar-refractivity contribution is 9.10. The van der Waals surface area contributed by atoms with Crippen LogP contribution in [0.25, 0.3) is 11.0 Å². The molecule has 102 valence electrons. The molecule has 0 saturated heterocycles. The van der Waals surface area contributed by atoms with Gasteiger partial charge in [0.15, 0.2) is 5.16 Å². The minimum Gasteiger partial charge on any atom is -0.390 e. The zero-order valence-corrected chi connectivity index (χ0v) is 13.0. The van der Waals surface area contributed by atoms with Gasteiger partial charge in [0, 0.05) is 28.8 Å². The van der Waals surface area contributed by atoms with E-state index in [-0.39, 0.29) is 6.61 Å². The Hall–Kier alpha value is -1.44. The molecule has 0 aliphatic heterocycles. The molecule has 0 bridgehead atoms. The Morgan fingerprint density at radius 1 is 1.30 bits per heavy atom. The summed E-state index contributed by atoms with van der Waals surface area (Å²) in [6.07, 6.45) is 5.19. The molecular weight excluding hydrogens is 340 g/mol. The summed E-state index contributed by atoms with van der Waals surface area (Å²) in [5, 5.41) is 10.0. The molecule has 3 heterocycles. The van der Waals surface area contributed by atoms with Crippen molar-refractivity contribution in [1.82, 2.24) is 19.5 Å². The van der Waals surface area contributed by atoms with Crippen molar-refractivity contribution in [2.75, 3.05) is 0 Å². The number of halogens is 1. The lowest BCUT2D eigenvalue weighted by atomic mass is 10.3. The Kier molecular flexibility index (Phi) is 3.73. The zero-order chi connectivity index (χ0) is 14.1. The molecule has 0 saturated carbocycles. The van der Waals surface area contributed by atoms with Gasteiger partial charge in [-0.15, -0.1) is 0 Å². The number of aliphatic hydroxyl groups excluding tert-OH is 1. The maximum absolute atomic E-state index is 9.20. The molecule has 3 aromatic rings. The van der Waals surface area contributed by atoms with Crippen LogP contribution in [0.2, 0.25) is 0 Å². The Bertz CT molecular complexity index is 774. The van der Waals surface area contributed by atoms with E-state index in [9.17, 15) is 5.11 Å². The van der Waals surface area contributed by atoms with Gasteiger partial charge in [0.25, 0.3) is 0 Å². The molecule has 0 aliphatic carbocycles. The molecule has 0 spiro atoms. The molecule has 20 heavy (non-hydrogen) atoms. The lowest BCUT2D eigenvalue weighted by Gasteiger charge is -2.06. The maximum Gasteiger partial charge on any atom is 0.172 e. The first kappa shape index (κ1) is 13.5. The lowest BCUT2D eigenvalue weighted by Crippen LogP contribution is -1.97. The van der Waals surface area contributed by atoms with E-state index in [1.54, 1.807) is 18.6 Å². The number of aliphatic hydroxyl groups is 1. The Balaban J connectivity index is 2.04. The number of hydrogen-bond donors (Lipinski definition) is 1. The molecular formula is C13H11BrN4OS. The second-order valence-electron chi connectivity index (χ2n) is 4.18. The van der Waals surface area contributed by atoms with Crippen molar-refractivity contribution in [3.63, 3.8) is 0 Å². The Labute approximate surface area is 128 Å². The molecule has 0 aromatic carbocycles. The van der Waals surface area contributed by atoms with Gasteiger partial charge in [0.2, 0.25) is 0 Å². The van der Waals surface area contributed by atoms with Gasteiger partial charge in [-0.3, -0.25) is 9.97 Å². The largest absolute Gasteiger partial charge is 0.390 e. The highest BCUT2D eigenvalue weighted by atomic mass is 79.9. The van der Waals surface area contributed by atoms with Gasteiger partial charge in [0.1, 0.15) is 5.52 Å². The number of aromatic nitrogens is 4. The number of fused-ring (bicyclic) bond motifs is 1. The molecule has 0 radical (unpaired) electrons. The van der Waals surface area contributed by atoms with Gasteiger partial charge < -0.3 is 9.67 Å². The molecule has 7 heteroatoms. The van der Waals surface area contributed by atoms with Gasteiger partial charge in [-0.25, -0.2) is 4.98 Å². The van der Waals surface area contributed by atoms with Crippen LogP contribution in [-0.2, 0) is 13.7 Å². The van der Waals surface area contributed by atoms with E-state index in [1.165, 1.54) is 11.8 Å². The number of rotatable bonds is 3. The van der Waals surface area contributed by atoms with Crippen LogP contribution in [-0.4, -0.2) is 24.6 Å². The highest BCUT2D eigenvalue weighted by Crippen LogP contribution is 2.31. The van der Waals surface area contributed by atoms with Crippen molar-refractivity contribution >= 4 is 38.7 Å². The van der Waals surface area contributed by atoms with Crippen LogP contribution in [0.1, 0.15) is 5.69 Å². The summed E-state index contributed by atoms with van der Waals surface area (Å²) < 4.78 is 2.77. The molecule has 5 nitrogen and oxygen atoms in total. The topological polar surface area (TPSA) is 63.8 Å². The van der Waals surface area contributed by atoms with Crippen LogP contribution in [0.5, 0.6) is 0 Å². The average molecular weight is 351 g/mol. The van der Waals surface area contributed by atoms with Crippen molar-refractivity contribution in [3.8, 4) is 0 Å². The van der Waals surface area contributed by atoms with Crippen molar-refractivity contribution in [1.29, 1.82) is 0 Å². The van der Waals surface area contributed by atoms with Crippen LogP contribution in [0.15, 0.2) is 45.2 Å². The third-order valence-electron chi connectivity index (χ3n) is 2.91. The highest BCUT2D eigenvalue weighted by Gasteiger charge is 2.11. The quantitative estimate of drug-likeness (QED) is 0.786. The number of nitrogens with zero attached hydrogens (tertiary/aromatic N) is 4. The fourth-order valence-corrected chi connectivity index (χ4v) is 3.09. The van der Waals surface area contributed by atoms with Crippen molar-refractivity contribution < 1.29 is 5.11 Å². The summed E-state index contributed by atoms with van der Waals surface area (Å²) in [5.74, 6) is 0. The fraction of sp³-hybridized carbons (Fsp3) is 0.154. The van der Waals surface area contributed by atoms with E-state index < -0.39 is 0 Å². The van der Waals surface area contributed by atoms with Crippen LogP contribution in [0, 0.1) is 0 Å². The number of imidazole rings is 1. The maximum atomic E-state index is 9.20. The van der Waals surface area contributed by atoms with Crippen LogP contribution in [0.4, 0.5) is 0 Å². The van der Waals surface area contributed by atoms with Crippen LogP contribution < -0.4 is 0 Å². The summed E-state index contributed by atoms with van der Waals surface area (Å²) in [6, 6.07) is 3.85. The van der Waals surface area contributed by atoms with Crippen molar-refractivity contribution in [3.05, 3.63) is 40.9 Å². The second-order valence-corrected chi connectivity index (χ2v) is 6.11. The third-order valence-corrected chi connectivity index (χ3v) is 4.46. The molecule has 0 aliphatic rings. The molecule has 0 amide bonds. The van der Waals surface area contributed by atoms with Crippen molar-refractivity contribution in [2.24, 2.45) is 7.05 Å². The predicted octanol–water partition coefficient (Wildman–Crippen LogP) is 2.77. The standard InChI is InChI=1S/C13H11BrN4OS/c1-18-9(7-19)6-17-13(18)20-11-2-3-15-10-4-8(14)5-16-12(10)11/h2-6,19H,7H2,1H3. The SMILES string of the molecule is Cn1c(CO)cnc1Sc1ccnc2cc(Br)cnc12. The molecule has 0 unspecified atom stereocenters. The normalized spacial score (nSPS) is 11.2. The first-order valence-electron chi connectivity index (χ1n) is 5.88. The summed E-state index contributed by atoms with van der Waals surface area (Å²) in [7, 11) is 1.88. The van der Waals surface area contributed by atoms with E-state index in [0.717, 1.165) is 31.3 Å². The van der Waals surface area contributed by atoms with Gasteiger partial charge in [0.05, 0.1) is 24.0 Å². The van der Waals surface area contributed by atoms with Crippen LogP contribution in [0.3, 0.4) is 0 Å². The van der Waals surface area contributed by atoms with Gasteiger partial charge >= 0.3 is 0 Å². The predicted molar refractivity (Wildman–Crippen MR) is 80.5 cm³/mol. The fourth-order valence-electron chi connectivity index (χ4n) is 1.83. The van der Waals surface area contributed by atoms with Gasteiger partial charge in [-0.05, 0) is 39.8 Å². The minimum atomic E-state index is -0.0215. The Morgan fingerprint density at radius 2 is 2.15 bits per heavy atom. The summed E-state index contributed by atoms with van der Waals surface area (Å²) in [6.45, 7) is -0.0215. The minimum absolute atomic E-state index is 0.0215. The second kappa shape index (κ2) is 5.51. The van der Waals surface area contributed by atoms with Gasteiger partial charge in [-0.2, -0.15) is 0 Å². The molecule has 3 rings (SSSR count). The van der Waals surface area contributed by atoms with E-state index >= 15 is 0 Å². The number of hydrogen-bond acceptors (Lipinski definition) is 5. The van der Waals surface area contributed by atoms with Crippen LogP contribution >= 0.6 is 27.7 Å². The summed E-state index contributed by atoms with van der Waals surface area (Å²) in [5.41, 5.74) is 2.46. The monoisotopic (exact) mass is 350 g/mol. The van der Waals surface area contributed by atoms with Crippen molar-refractivity contribution in [2.45, 2.75) is 16.7 Å². The van der Waals surface area contributed by atoms with E-state index in [0.29, 0.717) is 0 Å². The summed E-state index contributed by atoms with van der Waals surface area (Å²) >= 11 is 4.90. The Morgan fingerprint density at radius 3 is 2.90 bits per heavy atom. The lowest BCUT2D eigenvalue weighted by molar-refractivity contribution is 0.271. The van der Waals surface area contributed by atoms with E-state index in [1.807, 2.05) is 23.7 Å². The third kappa shape index (κ3) is 2.44. The van der Waals surface area contributed by atoms with E-state index in [4.69, 9.17) is 0 Å². The smallest absolute Gasteiger partial charge is 0.172 e. The number of pyridine rings is 2. The summed E-state index contributed by atoms with van der Waals surface area (Å²) in [4.78, 5) is 14.0.